The van der Waals surface area contributed by atoms with E-state index in [1.165, 1.54) is 31.8 Å². The third-order valence-electron chi connectivity index (χ3n) is 3.06. The number of unbranched alkanes of at least 4 members (excludes halogenated alkanes) is 6. The predicted molar refractivity (Wildman–Crippen MR) is 74.4 cm³/mol. The molecule has 0 spiro atoms. The van der Waals surface area contributed by atoms with E-state index in [0.29, 0.717) is 6.61 Å². The second-order valence-electron chi connectivity index (χ2n) is 4.70. The quantitative estimate of drug-likeness (QED) is 0.329. The number of hydrogen-bond donors (Lipinski definition) is 1. The Morgan fingerprint density at radius 3 is 2.28 bits per heavy atom. The molecule has 0 aliphatic rings. The zero-order valence-electron chi connectivity index (χ0n) is 11.7. The minimum Gasteiger partial charge on any atom is -0.463 e. The van der Waals surface area contributed by atoms with E-state index < -0.39 is 0 Å². The fourth-order valence-corrected chi connectivity index (χ4v) is 1.80. The summed E-state index contributed by atoms with van der Waals surface area (Å²) in [5, 5.41) is 9.37. The smallest absolute Gasteiger partial charge is 0.330 e. The highest BCUT2D eigenvalue weighted by Gasteiger charge is 1.99. The van der Waals surface area contributed by atoms with Crippen LogP contribution in [0.4, 0.5) is 0 Å². The number of carbonyl (C=O) groups is 1. The molecule has 3 nitrogen and oxygen atoms in total. The van der Waals surface area contributed by atoms with Gasteiger partial charge in [-0.1, -0.05) is 52.0 Å². The van der Waals surface area contributed by atoms with Gasteiger partial charge in [0.15, 0.2) is 0 Å². The van der Waals surface area contributed by atoms with Gasteiger partial charge in [0.1, 0.15) is 0 Å². The van der Waals surface area contributed by atoms with Crippen LogP contribution in [-0.4, -0.2) is 23.8 Å². The van der Waals surface area contributed by atoms with Gasteiger partial charge in [0, 0.05) is 6.08 Å². The highest BCUT2D eigenvalue weighted by Crippen LogP contribution is 2.10. The monoisotopic (exact) mass is 256 g/mol. The van der Waals surface area contributed by atoms with Crippen LogP contribution in [-0.2, 0) is 9.53 Å². The summed E-state index contributed by atoms with van der Waals surface area (Å²) in [6, 6.07) is 0. The summed E-state index contributed by atoms with van der Waals surface area (Å²) in [5.41, 5.74) is 0. The van der Waals surface area contributed by atoms with Crippen LogP contribution in [0.15, 0.2) is 12.7 Å². The van der Waals surface area contributed by atoms with Gasteiger partial charge in [-0.3, -0.25) is 0 Å². The molecule has 0 aliphatic heterocycles. The first-order valence-corrected chi connectivity index (χ1v) is 7.18. The van der Waals surface area contributed by atoms with Gasteiger partial charge < -0.3 is 9.84 Å². The Morgan fingerprint density at radius 2 is 1.72 bits per heavy atom. The van der Waals surface area contributed by atoms with Crippen molar-refractivity contribution < 1.29 is 14.6 Å². The first kappa shape index (κ1) is 17.2. The third-order valence-corrected chi connectivity index (χ3v) is 3.06. The van der Waals surface area contributed by atoms with Gasteiger partial charge in [-0.25, -0.2) is 4.79 Å². The summed E-state index contributed by atoms with van der Waals surface area (Å²) in [4.78, 5) is 10.7. The summed E-state index contributed by atoms with van der Waals surface area (Å²) in [6.45, 7) is 5.87. The molecule has 0 saturated carbocycles. The largest absolute Gasteiger partial charge is 0.463 e. The Balaban J connectivity index is 3.07. The summed E-state index contributed by atoms with van der Waals surface area (Å²) >= 11 is 0. The lowest BCUT2D eigenvalue weighted by Gasteiger charge is -2.06. The number of aliphatic hydroxyl groups excluding tert-OH is 1. The van der Waals surface area contributed by atoms with Crippen LogP contribution in [0, 0.1) is 0 Å². The van der Waals surface area contributed by atoms with Crippen LogP contribution in [0.2, 0.25) is 0 Å². The van der Waals surface area contributed by atoms with Gasteiger partial charge in [-0.15, -0.1) is 0 Å². The van der Waals surface area contributed by atoms with Gasteiger partial charge >= 0.3 is 5.97 Å². The zero-order chi connectivity index (χ0) is 13.6. The Kier molecular flexibility index (Phi) is 12.0. The van der Waals surface area contributed by atoms with Crippen molar-refractivity contribution in [2.45, 2.75) is 70.8 Å². The van der Waals surface area contributed by atoms with Crippen molar-refractivity contribution in [2.24, 2.45) is 0 Å². The van der Waals surface area contributed by atoms with E-state index >= 15 is 0 Å². The van der Waals surface area contributed by atoms with Crippen molar-refractivity contribution in [3.05, 3.63) is 12.7 Å². The molecule has 0 radical (unpaired) electrons. The van der Waals surface area contributed by atoms with Gasteiger partial charge in [-0.05, 0) is 19.3 Å². The molecule has 1 atom stereocenters. The third kappa shape index (κ3) is 11.6. The molecule has 0 aromatic carbocycles. The van der Waals surface area contributed by atoms with Crippen molar-refractivity contribution in [1.29, 1.82) is 0 Å². The number of esters is 1. The molecule has 0 rings (SSSR count). The Hall–Kier alpha value is -0.830. The molecule has 0 heterocycles. The highest BCUT2D eigenvalue weighted by atomic mass is 16.5. The van der Waals surface area contributed by atoms with E-state index in [9.17, 15) is 9.90 Å². The Labute approximate surface area is 111 Å². The topological polar surface area (TPSA) is 46.5 Å². The summed E-state index contributed by atoms with van der Waals surface area (Å²) in [7, 11) is 0. The molecule has 0 bridgehead atoms. The zero-order valence-corrected chi connectivity index (χ0v) is 11.7. The van der Waals surface area contributed by atoms with E-state index in [0.717, 1.165) is 32.1 Å². The lowest BCUT2D eigenvalue weighted by molar-refractivity contribution is -0.137. The molecule has 3 heteroatoms. The molecule has 0 saturated heterocycles. The number of hydrogen-bond acceptors (Lipinski definition) is 3. The lowest BCUT2D eigenvalue weighted by Crippen LogP contribution is -2.03. The second kappa shape index (κ2) is 12.6. The number of ether oxygens (including phenoxy) is 1. The second-order valence-corrected chi connectivity index (χ2v) is 4.70. The maximum Gasteiger partial charge on any atom is 0.330 e. The van der Waals surface area contributed by atoms with Crippen LogP contribution in [0.3, 0.4) is 0 Å². The average molecular weight is 256 g/mol. The number of carbonyl (C=O) groups excluding carboxylic acids is 1. The van der Waals surface area contributed by atoms with Crippen LogP contribution in [0.1, 0.15) is 64.7 Å². The summed E-state index contributed by atoms with van der Waals surface area (Å²) in [6.07, 6.45) is 11.0. The number of rotatable bonds is 12. The van der Waals surface area contributed by atoms with Crippen molar-refractivity contribution >= 4 is 5.97 Å². The average Bonchev–Trinajstić information content (AvgIpc) is 2.40. The normalized spacial score (nSPS) is 12.1. The molecule has 0 aromatic heterocycles. The van der Waals surface area contributed by atoms with Gasteiger partial charge in [0.25, 0.3) is 0 Å². The standard InChI is InChI=1S/C15H28O3/c1-3-14(16)12-10-8-6-5-7-9-11-13-18-15(17)4-2/h4,14,16H,2-3,5-13H2,1H3. The summed E-state index contributed by atoms with van der Waals surface area (Å²) < 4.78 is 4.89. The number of aliphatic hydroxyl groups is 1. The molecule has 0 aliphatic carbocycles. The molecule has 1 unspecified atom stereocenters. The fourth-order valence-electron chi connectivity index (χ4n) is 1.80. The van der Waals surface area contributed by atoms with Gasteiger partial charge in [0.2, 0.25) is 0 Å². The first-order valence-electron chi connectivity index (χ1n) is 7.18. The molecule has 0 aromatic rings. The van der Waals surface area contributed by atoms with Crippen molar-refractivity contribution in [3.8, 4) is 0 Å². The van der Waals surface area contributed by atoms with Crippen LogP contribution in [0.25, 0.3) is 0 Å². The van der Waals surface area contributed by atoms with Crippen molar-refractivity contribution in [1.82, 2.24) is 0 Å². The Morgan fingerprint density at radius 1 is 1.17 bits per heavy atom. The van der Waals surface area contributed by atoms with E-state index in [4.69, 9.17) is 4.74 Å². The molecule has 0 fully saturated rings. The van der Waals surface area contributed by atoms with Gasteiger partial charge in [0.05, 0.1) is 12.7 Å². The summed E-state index contributed by atoms with van der Waals surface area (Å²) in [5.74, 6) is -0.329. The maximum absolute atomic E-state index is 10.7. The minimum atomic E-state index is -0.329. The first-order chi connectivity index (χ1) is 8.70. The van der Waals surface area contributed by atoms with Crippen molar-refractivity contribution in [3.63, 3.8) is 0 Å². The van der Waals surface area contributed by atoms with E-state index in [-0.39, 0.29) is 12.1 Å². The highest BCUT2D eigenvalue weighted by molar-refractivity contribution is 5.81. The molecule has 18 heavy (non-hydrogen) atoms. The molecular weight excluding hydrogens is 228 g/mol. The molecule has 106 valence electrons. The van der Waals surface area contributed by atoms with E-state index in [1.54, 1.807) is 0 Å². The van der Waals surface area contributed by atoms with Crippen LogP contribution >= 0.6 is 0 Å². The predicted octanol–water partition coefficient (Wildman–Crippen LogP) is 3.61. The Bertz CT molecular complexity index is 214. The van der Waals surface area contributed by atoms with Crippen LogP contribution in [0.5, 0.6) is 0 Å². The SMILES string of the molecule is C=CC(=O)OCCCCCCCCCC(O)CC. The van der Waals surface area contributed by atoms with E-state index in [2.05, 4.69) is 6.58 Å². The van der Waals surface area contributed by atoms with Crippen molar-refractivity contribution in [2.75, 3.05) is 6.61 Å². The van der Waals surface area contributed by atoms with E-state index in [1.807, 2.05) is 6.92 Å². The molecular formula is C15H28O3. The maximum atomic E-state index is 10.7. The minimum absolute atomic E-state index is 0.107. The molecule has 0 amide bonds. The lowest BCUT2D eigenvalue weighted by atomic mass is 10.1. The molecule has 1 N–H and O–H groups in total. The fraction of sp³-hybridized carbons (Fsp3) is 0.800. The van der Waals surface area contributed by atoms with Crippen LogP contribution < -0.4 is 0 Å². The van der Waals surface area contributed by atoms with Gasteiger partial charge in [-0.2, -0.15) is 0 Å².